The molecule has 0 atom stereocenters. The molecule has 0 unspecified atom stereocenters. The van der Waals surface area contributed by atoms with Gasteiger partial charge >= 0.3 is 0 Å². The van der Waals surface area contributed by atoms with E-state index in [1.807, 2.05) is 30.3 Å². The fraction of sp³-hybridized carbons (Fsp3) is 0.158. The molecule has 1 heterocycles. The van der Waals surface area contributed by atoms with Gasteiger partial charge in [-0.25, -0.2) is 9.07 Å². The molecule has 5 heteroatoms. The number of hydrogen-bond donors (Lipinski definition) is 1. The van der Waals surface area contributed by atoms with Crippen molar-refractivity contribution in [2.45, 2.75) is 18.9 Å². The predicted molar refractivity (Wildman–Crippen MR) is 89.4 cm³/mol. The van der Waals surface area contributed by atoms with Gasteiger partial charge in [0.1, 0.15) is 11.5 Å². The minimum absolute atomic E-state index is 0.156. The number of nitrogens with zero attached hydrogens (tertiary/aromatic N) is 2. The van der Waals surface area contributed by atoms with Crippen LogP contribution in [0.3, 0.4) is 0 Å². The topological polar surface area (TPSA) is 46.9 Å². The Bertz CT molecular complexity index is 867. The summed E-state index contributed by atoms with van der Waals surface area (Å²) in [6.07, 6.45) is 2.03. The summed E-state index contributed by atoms with van der Waals surface area (Å²) in [6.45, 7) is 0. The van der Waals surface area contributed by atoms with Crippen LogP contribution in [0.2, 0.25) is 0 Å². The van der Waals surface area contributed by atoms with Crippen LogP contribution in [0.1, 0.15) is 23.3 Å². The molecule has 0 spiro atoms. The smallest absolute Gasteiger partial charge is 0.270 e. The summed E-state index contributed by atoms with van der Waals surface area (Å²) in [5, 5.41) is 7.55. The van der Waals surface area contributed by atoms with Crippen molar-refractivity contribution >= 4 is 5.91 Å². The molecule has 24 heavy (non-hydrogen) atoms. The molecule has 0 bridgehead atoms. The first-order valence-corrected chi connectivity index (χ1v) is 7.93. The van der Waals surface area contributed by atoms with Gasteiger partial charge < -0.3 is 5.32 Å². The molecular weight excluding hydrogens is 305 g/mol. The minimum atomic E-state index is -0.321. The Labute approximate surface area is 138 Å². The van der Waals surface area contributed by atoms with E-state index in [-0.39, 0.29) is 17.8 Å². The third-order valence-electron chi connectivity index (χ3n) is 4.00. The second-order valence-electron chi connectivity index (χ2n) is 5.92. The van der Waals surface area contributed by atoms with Crippen molar-refractivity contribution in [1.82, 2.24) is 15.1 Å². The van der Waals surface area contributed by atoms with E-state index in [2.05, 4.69) is 10.4 Å². The van der Waals surface area contributed by atoms with Gasteiger partial charge in [-0.3, -0.25) is 4.79 Å². The second-order valence-corrected chi connectivity index (χ2v) is 5.92. The van der Waals surface area contributed by atoms with E-state index in [9.17, 15) is 9.18 Å². The van der Waals surface area contributed by atoms with Crippen LogP contribution in [0, 0.1) is 5.82 Å². The highest BCUT2D eigenvalue weighted by Crippen LogP contribution is 2.24. The fourth-order valence-electron chi connectivity index (χ4n) is 2.56. The zero-order chi connectivity index (χ0) is 16.5. The van der Waals surface area contributed by atoms with Gasteiger partial charge in [-0.2, -0.15) is 5.10 Å². The standard InChI is InChI=1S/C19H16FN3O/c20-14-6-10-16(11-7-14)23-18(19(24)21-15-8-9-15)12-17(22-23)13-4-2-1-3-5-13/h1-7,10-12,15H,8-9H2,(H,21,24). The van der Waals surface area contributed by atoms with E-state index in [4.69, 9.17) is 0 Å². The first kappa shape index (κ1) is 14.6. The zero-order valence-corrected chi connectivity index (χ0v) is 12.9. The number of halogens is 1. The Hall–Kier alpha value is -2.95. The van der Waals surface area contributed by atoms with Gasteiger partial charge in [0.2, 0.25) is 0 Å². The number of benzene rings is 2. The largest absolute Gasteiger partial charge is 0.348 e. The fourth-order valence-corrected chi connectivity index (χ4v) is 2.56. The van der Waals surface area contributed by atoms with Crippen LogP contribution in [0.15, 0.2) is 60.7 Å². The highest BCUT2D eigenvalue weighted by atomic mass is 19.1. The average Bonchev–Trinajstić information content (AvgIpc) is 3.31. The summed E-state index contributed by atoms with van der Waals surface area (Å²) in [5.41, 5.74) is 2.74. The maximum atomic E-state index is 13.2. The van der Waals surface area contributed by atoms with Gasteiger partial charge in [-0.1, -0.05) is 30.3 Å². The maximum absolute atomic E-state index is 13.2. The van der Waals surface area contributed by atoms with Crippen LogP contribution in [0.4, 0.5) is 4.39 Å². The molecule has 120 valence electrons. The van der Waals surface area contributed by atoms with Crippen molar-refractivity contribution < 1.29 is 9.18 Å². The summed E-state index contributed by atoms with van der Waals surface area (Å²) < 4.78 is 14.8. The van der Waals surface area contributed by atoms with Crippen molar-refractivity contribution in [1.29, 1.82) is 0 Å². The van der Waals surface area contributed by atoms with Crippen LogP contribution < -0.4 is 5.32 Å². The summed E-state index contributed by atoms with van der Waals surface area (Å²) in [5.74, 6) is -0.477. The highest BCUT2D eigenvalue weighted by molar-refractivity contribution is 5.94. The molecule has 0 aliphatic heterocycles. The van der Waals surface area contributed by atoms with Gasteiger partial charge in [0.15, 0.2) is 0 Å². The number of aromatic nitrogens is 2. The van der Waals surface area contributed by atoms with Gasteiger partial charge in [0.25, 0.3) is 5.91 Å². The second kappa shape index (κ2) is 5.92. The lowest BCUT2D eigenvalue weighted by molar-refractivity contribution is 0.0943. The molecule has 1 amide bonds. The van der Waals surface area contributed by atoms with Gasteiger partial charge in [0.05, 0.1) is 11.4 Å². The third-order valence-corrected chi connectivity index (χ3v) is 4.00. The van der Waals surface area contributed by atoms with E-state index >= 15 is 0 Å². The average molecular weight is 321 g/mol. The van der Waals surface area contributed by atoms with Crippen molar-refractivity contribution in [3.05, 3.63) is 72.2 Å². The molecule has 4 nitrogen and oxygen atoms in total. The van der Waals surface area contributed by atoms with Crippen molar-refractivity contribution in [3.8, 4) is 16.9 Å². The molecule has 1 aliphatic carbocycles. The Morgan fingerprint density at radius 3 is 2.46 bits per heavy atom. The normalized spacial score (nSPS) is 13.7. The molecule has 2 aromatic carbocycles. The van der Waals surface area contributed by atoms with Gasteiger partial charge in [0, 0.05) is 11.6 Å². The lowest BCUT2D eigenvalue weighted by Crippen LogP contribution is -2.27. The van der Waals surface area contributed by atoms with Crippen LogP contribution in [0.5, 0.6) is 0 Å². The number of amides is 1. The SMILES string of the molecule is O=C(NC1CC1)c1cc(-c2ccccc2)nn1-c1ccc(F)cc1. The quantitative estimate of drug-likeness (QED) is 0.798. The van der Waals surface area contributed by atoms with Crippen LogP contribution in [-0.2, 0) is 0 Å². The number of hydrogen-bond acceptors (Lipinski definition) is 2. The van der Waals surface area contributed by atoms with Crippen LogP contribution >= 0.6 is 0 Å². The van der Waals surface area contributed by atoms with Gasteiger partial charge in [-0.05, 0) is 43.2 Å². The monoisotopic (exact) mass is 321 g/mol. The molecule has 3 aromatic rings. The molecule has 0 saturated heterocycles. The van der Waals surface area contributed by atoms with E-state index in [0.29, 0.717) is 17.1 Å². The molecule has 1 aliphatic rings. The van der Waals surface area contributed by atoms with Crippen molar-refractivity contribution in [3.63, 3.8) is 0 Å². The number of carbonyl (C=O) groups is 1. The highest BCUT2D eigenvalue weighted by Gasteiger charge is 2.26. The summed E-state index contributed by atoms with van der Waals surface area (Å²) >= 11 is 0. The molecule has 0 radical (unpaired) electrons. The first-order valence-electron chi connectivity index (χ1n) is 7.93. The molecule has 1 fully saturated rings. The molecule has 1 N–H and O–H groups in total. The van der Waals surface area contributed by atoms with Crippen molar-refractivity contribution in [2.75, 3.05) is 0 Å². The number of nitrogens with one attached hydrogen (secondary N) is 1. The summed E-state index contributed by atoms with van der Waals surface area (Å²) in [7, 11) is 0. The first-order chi connectivity index (χ1) is 11.7. The van der Waals surface area contributed by atoms with E-state index in [1.54, 1.807) is 22.9 Å². The Kier molecular flexibility index (Phi) is 3.61. The molecule has 4 rings (SSSR count). The van der Waals surface area contributed by atoms with Crippen LogP contribution in [0.25, 0.3) is 16.9 Å². The summed E-state index contributed by atoms with van der Waals surface area (Å²) in [4.78, 5) is 12.6. The number of rotatable bonds is 4. The molecule has 1 saturated carbocycles. The zero-order valence-electron chi connectivity index (χ0n) is 12.9. The van der Waals surface area contributed by atoms with Gasteiger partial charge in [-0.15, -0.1) is 0 Å². The van der Waals surface area contributed by atoms with Crippen LogP contribution in [-0.4, -0.2) is 21.7 Å². The lowest BCUT2D eigenvalue weighted by Gasteiger charge is -2.07. The Morgan fingerprint density at radius 2 is 1.79 bits per heavy atom. The minimum Gasteiger partial charge on any atom is -0.348 e. The third kappa shape index (κ3) is 2.93. The lowest BCUT2D eigenvalue weighted by atomic mass is 10.1. The molecular formula is C19H16FN3O. The van der Waals surface area contributed by atoms with E-state index in [0.717, 1.165) is 18.4 Å². The van der Waals surface area contributed by atoms with Crippen molar-refractivity contribution in [2.24, 2.45) is 0 Å². The number of carbonyl (C=O) groups excluding carboxylic acids is 1. The summed E-state index contributed by atoms with van der Waals surface area (Å²) in [6, 6.07) is 17.7. The molecule has 1 aromatic heterocycles. The van der Waals surface area contributed by atoms with E-state index in [1.165, 1.54) is 12.1 Å². The van der Waals surface area contributed by atoms with E-state index < -0.39 is 0 Å². The maximum Gasteiger partial charge on any atom is 0.270 e. The Balaban J connectivity index is 1.78. The Morgan fingerprint density at radius 1 is 1.08 bits per heavy atom. The predicted octanol–water partition coefficient (Wildman–Crippen LogP) is 3.57.